The van der Waals surface area contributed by atoms with E-state index in [1.807, 2.05) is 18.4 Å². The first kappa shape index (κ1) is 12.6. The average Bonchev–Trinajstić information content (AvgIpc) is 2.81. The Kier molecular flexibility index (Phi) is 3.94. The van der Waals surface area contributed by atoms with Gasteiger partial charge in [0.05, 0.1) is 0 Å². The van der Waals surface area contributed by atoms with Crippen molar-refractivity contribution in [1.82, 2.24) is 10.3 Å². The summed E-state index contributed by atoms with van der Waals surface area (Å²) >= 11 is 1.64. The fourth-order valence-corrected chi connectivity index (χ4v) is 2.38. The zero-order valence-electron chi connectivity index (χ0n) is 9.97. The maximum Gasteiger partial charge on any atom is 0.268 e. The lowest BCUT2D eigenvalue weighted by molar-refractivity contribution is 0.0935. The second-order valence-corrected chi connectivity index (χ2v) is 4.92. The number of thiophene rings is 1. The molecular weight excluding hydrogens is 248 g/mol. The van der Waals surface area contributed by atoms with Crippen molar-refractivity contribution in [2.24, 2.45) is 0 Å². The summed E-state index contributed by atoms with van der Waals surface area (Å²) in [6, 6.07) is 6.60. The zero-order valence-corrected chi connectivity index (χ0v) is 10.8. The molecule has 0 aliphatic heterocycles. The van der Waals surface area contributed by atoms with Crippen molar-refractivity contribution in [3.63, 3.8) is 0 Å². The standard InChI is InChI=1S/C13H14N2O2S/c1-9(7-10-5-6-18-8-10)14-13(17)11-3-2-4-12(16)15-11/h2-6,8-9H,7H2,1H3,(H,14,17)(H,15,16). The topological polar surface area (TPSA) is 62.0 Å². The molecule has 0 aliphatic carbocycles. The molecule has 1 unspecified atom stereocenters. The maximum absolute atomic E-state index is 11.9. The van der Waals surface area contributed by atoms with E-state index in [-0.39, 0.29) is 17.5 Å². The Bertz CT molecular complexity index is 575. The predicted octanol–water partition coefficient (Wildman–Crippen LogP) is 1.80. The van der Waals surface area contributed by atoms with Crippen molar-refractivity contribution < 1.29 is 4.79 Å². The minimum atomic E-state index is -0.270. The Labute approximate surface area is 109 Å². The average molecular weight is 262 g/mol. The van der Waals surface area contributed by atoms with Crippen LogP contribution in [0.5, 0.6) is 0 Å². The molecule has 0 fully saturated rings. The van der Waals surface area contributed by atoms with Gasteiger partial charge < -0.3 is 10.3 Å². The monoisotopic (exact) mass is 262 g/mol. The van der Waals surface area contributed by atoms with Crippen molar-refractivity contribution in [2.45, 2.75) is 19.4 Å². The number of hydrogen-bond acceptors (Lipinski definition) is 3. The molecule has 1 atom stereocenters. The quantitative estimate of drug-likeness (QED) is 0.882. The summed E-state index contributed by atoms with van der Waals surface area (Å²) in [5.74, 6) is -0.254. The number of amides is 1. The molecule has 0 saturated heterocycles. The molecule has 0 aromatic carbocycles. The van der Waals surface area contributed by atoms with Crippen LogP contribution in [-0.2, 0) is 6.42 Å². The lowest BCUT2D eigenvalue weighted by Gasteiger charge is -2.12. The molecule has 4 nitrogen and oxygen atoms in total. The summed E-state index contributed by atoms with van der Waals surface area (Å²) in [4.78, 5) is 25.5. The highest BCUT2D eigenvalue weighted by atomic mass is 32.1. The largest absolute Gasteiger partial charge is 0.348 e. The summed E-state index contributed by atoms with van der Waals surface area (Å²) in [5.41, 5.74) is 1.22. The van der Waals surface area contributed by atoms with E-state index in [4.69, 9.17) is 0 Å². The number of aromatic nitrogens is 1. The molecule has 94 valence electrons. The van der Waals surface area contributed by atoms with E-state index < -0.39 is 0 Å². The van der Waals surface area contributed by atoms with Crippen LogP contribution in [0.25, 0.3) is 0 Å². The lowest BCUT2D eigenvalue weighted by atomic mass is 10.1. The minimum Gasteiger partial charge on any atom is -0.348 e. The summed E-state index contributed by atoms with van der Waals surface area (Å²) < 4.78 is 0. The highest BCUT2D eigenvalue weighted by Crippen LogP contribution is 2.08. The fourth-order valence-electron chi connectivity index (χ4n) is 1.70. The number of nitrogens with one attached hydrogen (secondary N) is 2. The molecule has 5 heteroatoms. The fraction of sp³-hybridized carbons (Fsp3) is 0.231. The zero-order chi connectivity index (χ0) is 13.0. The normalized spacial score (nSPS) is 12.1. The number of pyridine rings is 1. The third-order valence-electron chi connectivity index (χ3n) is 2.51. The minimum absolute atomic E-state index is 0.0239. The highest BCUT2D eigenvalue weighted by Gasteiger charge is 2.10. The smallest absolute Gasteiger partial charge is 0.268 e. The third-order valence-corrected chi connectivity index (χ3v) is 3.24. The van der Waals surface area contributed by atoms with Crippen LogP contribution in [0.15, 0.2) is 39.8 Å². The first-order valence-corrected chi connectivity index (χ1v) is 6.60. The van der Waals surface area contributed by atoms with E-state index in [1.54, 1.807) is 23.5 Å². The number of rotatable bonds is 4. The van der Waals surface area contributed by atoms with Gasteiger partial charge in [-0.05, 0) is 41.8 Å². The molecule has 2 heterocycles. The number of aromatic amines is 1. The van der Waals surface area contributed by atoms with Gasteiger partial charge in [-0.1, -0.05) is 6.07 Å². The van der Waals surface area contributed by atoms with Crippen LogP contribution in [0.3, 0.4) is 0 Å². The molecule has 2 N–H and O–H groups in total. The molecule has 0 bridgehead atoms. The van der Waals surface area contributed by atoms with Crippen LogP contribution in [0.1, 0.15) is 23.0 Å². The Hall–Kier alpha value is -1.88. The molecule has 18 heavy (non-hydrogen) atoms. The summed E-state index contributed by atoms with van der Waals surface area (Å²) in [7, 11) is 0. The van der Waals surface area contributed by atoms with Crippen LogP contribution < -0.4 is 10.9 Å². The maximum atomic E-state index is 11.9. The molecule has 0 saturated carbocycles. The van der Waals surface area contributed by atoms with Crippen molar-refractivity contribution in [3.05, 3.63) is 56.6 Å². The Morgan fingerprint density at radius 3 is 2.94 bits per heavy atom. The van der Waals surface area contributed by atoms with E-state index in [0.717, 1.165) is 6.42 Å². The van der Waals surface area contributed by atoms with Crippen molar-refractivity contribution in [2.75, 3.05) is 0 Å². The van der Waals surface area contributed by atoms with Gasteiger partial charge in [0.25, 0.3) is 5.91 Å². The molecule has 2 aromatic heterocycles. The first-order valence-electron chi connectivity index (χ1n) is 5.66. The van der Waals surface area contributed by atoms with Gasteiger partial charge in [-0.25, -0.2) is 0 Å². The van der Waals surface area contributed by atoms with Gasteiger partial charge in [0, 0.05) is 12.1 Å². The number of H-pyrrole nitrogens is 1. The molecule has 0 aliphatic rings. The van der Waals surface area contributed by atoms with Gasteiger partial charge in [-0.15, -0.1) is 0 Å². The highest BCUT2D eigenvalue weighted by molar-refractivity contribution is 7.07. The SMILES string of the molecule is CC(Cc1ccsc1)NC(=O)c1cccc(=O)[nH]1. The van der Waals surface area contributed by atoms with Gasteiger partial charge in [0.2, 0.25) is 5.56 Å². The number of carbonyl (C=O) groups excluding carboxylic acids is 1. The van der Waals surface area contributed by atoms with Gasteiger partial charge in [0.15, 0.2) is 0 Å². The van der Waals surface area contributed by atoms with E-state index in [0.29, 0.717) is 5.69 Å². The van der Waals surface area contributed by atoms with E-state index in [2.05, 4.69) is 15.7 Å². The van der Waals surface area contributed by atoms with Crippen LogP contribution in [-0.4, -0.2) is 16.9 Å². The molecule has 2 aromatic rings. The van der Waals surface area contributed by atoms with Gasteiger partial charge in [0.1, 0.15) is 5.69 Å². The van der Waals surface area contributed by atoms with Crippen molar-refractivity contribution in [3.8, 4) is 0 Å². The van der Waals surface area contributed by atoms with Crippen LogP contribution in [0.4, 0.5) is 0 Å². The number of hydrogen-bond donors (Lipinski definition) is 2. The molecule has 1 amide bonds. The summed E-state index contributed by atoms with van der Waals surface area (Å²) in [6.45, 7) is 1.94. The Morgan fingerprint density at radius 1 is 1.44 bits per heavy atom. The van der Waals surface area contributed by atoms with Gasteiger partial charge in [-0.3, -0.25) is 9.59 Å². The summed E-state index contributed by atoms with van der Waals surface area (Å²) in [5, 5.41) is 6.93. The molecule has 2 rings (SSSR count). The molecule has 0 radical (unpaired) electrons. The van der Waals surface area contributed by atoms with Crippen molar-refractivity contribution >= 4 is 17.2 Å². The van der Waals surface area contributed by atoms with Crippen molar-refractivity contribution in [1.29, 1.82) is 0 Å². The Balaban J connectivity index is 1.97. The molecular formula is C13H14N2O2S. The predicted molar refractivity (Wildman–Crippen MR) is 72.0 cm³/mol. The Morgan fingerprint density at radius 2 is 2.28 bits per heavy atom. The van der Waals surface area contributed by atoms with E-state index in [9.17, 15) is 9.59 Å². The van der Waals surface area contributed by atoms with Gasteiger partial charge >= 0.3 is 0 Å². The van der Waals surface area contributed by atoms with E-state index >= 15 is 0 Å². The van der Waals surface area contributed by atoms with Gasteiger partial charge in [-0.2, -0.15) is 11.3 Å². The second kappa shape index (κ2) is 5.64. The number of carbonyl (C=O) groups is 1. The van der Waals surface area contributed by atoms with Crippen LogP contribution >= 0.6 is 11.3 Å². The van der Waals surface area contributed by atoms with Crippen LogP contribution in [0.2, 0.25) is 0 Å². The third kappa shape index (κ3) is 3.30. The molecule has 0 spiro atoms. The summed E-state index contributed by atoms with van der Waals surface area (Å²) in [6.07, 6.45) is 0.784. The van der Waals surface area contributed by atoms with E-state index in [1.165, 1.54) is 11.6 Å². The lowest BCUT2D eigenvalue weighted by Crippen LogP contribution is -2.35. The second-order valence-electron chi connectivity index (χ2n) is 4.14. The van der Waals surface area contributed by atoms with Crippen LogP contribution in [0, 0.1) is 0 Å². The first-order chi connectivity index (χ1) is 8.65.